The van der Waals surface area contributed by atoms with E-state index in [9.17, 15) is 0 Å². The molecule has 0 fully saturated rings. The summed E-state index contributed by atoms with van der Waals surface area (Å²) in [7, 11) is 0. The first-order chi connectivity index (χ1) is 5.43. The molecule has 11 heavy (non-hydrogen) atoms. The molecule has 0 heterocycles. The quantitative estimate of drug-likeness (QED) is 0.733. The van der Waals surface area contributed by atoms with E-state index in [1.165, 1.54) is 10.0 Å². The van der Waals surface area contributed by atoms with Gasteiger partial charge in [-0.25, -0.2) is 0 Å². The van der Waals surface area contributed by atoms with Crippen LogP contribution in [-0.2, 0) is 0 Å². The second-order valence-electron chi connectivity index (χ2n) is 2.17. The summed E-state index contributed by atoms with van der Waals surface area (Å²) in [6, 6.07) is 10.5. The van der Waals surface area contributed by atoms with E-state index in [-0.39, 0.29) is 20.9 Å². The molecule has 0 saturated carbocycles. The van der Waals surface area contributed by atoms with Crippen LogP contribution in [0.4, 0.5) is 0 Å². The number of rotatable bonds is 3. The molecule has 0 aromatic heterocycles. The van der Waals surface area contributed by atoms with E-state index in [0.717, 1.165) is 0 Å². The van der Waals surface area contributed by atoms with Crippen molar-refractivity contribution >= 4 is 27.0 Å². The normalized spacial score (nSPS) is 10.6. The molecule has 58 valence electrons. The van der Waals surface area contributed by atoms with Gasteiger partial charge in [0, 0.05) is 0 Å². The molecule has 0 bridgehead atoms. The standard InChI is InChI=1S/C10H12Te/c1-2-11-9-8-10-6-4-3-5-7-10/h3-9H,2H2,1H3/b9-8-. The molecule has 1 aromatic rings. The van der Waals surface area contributed by atoms with Gasteiger partial charge in [0.2, 0.25) is 0 Å². The molecular weight excluding hydrogens is 248 g/mol. The van der Waals surface area contributed by atoms with Crippen molar-refractivity contribution in [3.63, 3.8) is 0 Å². The number of benzene rings is 1. The van der Waals surface area contributed by atoms with Gasteiger partial charge in [0.05, 0.1) is 0 Å². The molecule has 0 N–H and O–H groups in total. The van der Waals surface area contributed by atoms with Crippen LogP contribution < -0.4 is 0 Å². The first-order valence-electron chi connectivity index (χ1n) is 3.76. The summed E-state index contributed by atoms with van der Waals surface area (Å²) < 4.78 is 3.70. The average Bonchev–Trinajstić information content (AvgIpc) is 2.07. The molecule has 0 nitrogen and oxygen atoms in total. The molecule has 1 rings (SSSR count). The van der Waals surface area contributed by atoms with Crippen LogP contribution in [0, 0.1) is 0 Å². The Kier molecular flexibility index (Phi) is 4.35. The average molecular weight is 260 g/mol. The summed E-state index contributed by atoms with van der Waals surface area (Å²) in [6.45, 7) is 2.25. The van der Waals surface area contributed by atoms with E-state index >= 15 is 0 Å². The fourth-order valence-electron chi connectivity index (χ4n) is 0.787. The zero-order valence-electron chi connectivity index (χ0n) is 6.66. The summed E-state index contributed by atoms with van der Waals surface area (Å²) in [6.07, 6.45) is 2.23. The van der Waals surface area contributed by atoms with E-state index in [1.54, 1.807) is 0 Å². The molecule has 0 aliphatic rings. The summed E-state index contributed by atoms with van der Waals surface area (Å²) in [5.74, 6) is 0. The van der Waals surface area contributed by atoms with Gasteiger partial charge in [-0.15, -0.1) is 0 Å². The maximum atomic E-state index is 2.35. The van der Waals surface area contributed by atoms with Gasteiger partial charge in [-0.3, -0.25) is 0 Å². The van der Waals surface area contributed by atoms with E-state index in [4.69, 9.17) is 0 Å². The summed E-state index contributed by atoms with van der Waals surface area (Å²) in [5, 5.41) is 0. The Hall–Kier alpha value is -0.250. The van der Waals surface area contributed by atoms with Gasteiger partial charge in [-0.1, -0.05) is 0 Å². The third-order valence-corrected chi connectivity index (χ3v) is 3.21. The van der Waals surface area contributed by atoms with Crippen LogP contribution in [0.5, 0.6) is 0 Å². The van der Waals surface area contributed by atoms with Crippen LogP contribution in [0.1, 0.15) is 12.5 Å². The zero-order chi connectivity index (χ0) is 7.94. The molecular formula is C10H12Te. The van der Waals surface area contributed by atoms with Crippen molar-refractivity contribution in [3.05, 3.63) is 40.0 Å². The van der Waals surface area contributed by atoms with Crippen molar-refractivity contribution < 1.29 is 0 Å². The SMILES string of the molecule is CC[Te]/C=C\c1ccccc1. The molecule has 1 heteroatoms. The molecule has 0 saturated heterocycles. The van der Waals surface area contributed by atoms with Crippen LogP contribution in [0.25, 0.3) is 6.08 Å². The molecule has 0 aliphatic heterocycles. The van der Waals surface area contributed by atoms with E-state index in [1.807, 2.05) is 6.07 Å². The van der Waals surface area contributed by atoms with E-state index in [0.29, 0.717) is 0 Å². The van der Waals surface area contributed by atoms with Gasteiger partial charge in [-0.2, -0.15) is 0 Å². The second kappa shape index (κ2) is 5.41. The molecule has 0 aliphatic carbocycles. The van der Waals surface area contributed by atoms with Gasteiger partial charge in [0.15, 0.2) is 0 Å². The third-order valence-electron chi connectivity index (χ3n) is 1.32. The minimum absolute atomic E-state index is 0.166. The van der Waals surface area contributed by atoms with Crippen molar-refractivity contribution in [3.8, 4) is 0 Å². The van der Waals surface area contributed by atoms with Crippen LogP contribution in [0.15, 0.2) is 34.5 Å². The van der Waals surface area contributed by atoms with Gasteiger partial charge in [-0.05, 0) is 0 Å². The first kappa shape index (κ1) is 8.84. The fourth-order valence-corrected chi connectivity index (χ4v) is 2.06. The Balaban J connectivity index is 2.50. The van der Waals surface area contributed by atoms with Gasteiger partial charge in [0.1, 0.15) is 0 Å². The molecule has 0 amide bonds. The van der Waals surface area contributed by atoms with Gasteiger partial charge >= 0.3 is 78.4 Å². The third kappa shape index (κ3) is 3.60. The first-order valence-corrected chi connectivity index (χ1v) is 6.76. The van der Waals surface area contributed by atoms with Crippen molar-refractivity contribution in [1.82, 2.24) is 0 Å². The summed E-state index contributed by atoms with van der Waals surface area (Å²) in [4.78, 5) is 0. The van der Waals surface area contributed by atoms with Crippen molar-refractivity contribution in [2.24, 2.45) is 0 Å². The van der Waals surface area contributed by atoms with Crippen LogP contribution in [0.3, 0.4) is 0 Å². The van der Waals surface area contributed by atoms with Gasteiger partial charge < -0.3 is 0 Å². The molecule has 0 atom stereocenters. The molecule has 0 radical (unpaired) electrons. The second-order valence-corrected chi connectivity index (χ2v) is 5.54. The van der Waals surface area contributed by atoms with Crippen molar-refractivity contribution in [2.75, 3.05) is 0 Å². The van der Waals surface area contributed by atoms with Crippen molar-refractivity contribution in [2.45, 2.75) is 11.4 Å². The Bertz CT molecular complexity index is 214. The Morgan fingerprint density at radius 3 is 2.64 bits per heavy atom. The fraction of sp³-hybridized carbons (Fsp3) is 0.200. The topological polar surface area (TPSA) is 0 Å². The Morgan fingerprint density at radius 2 is 2.00 bits per heavy atom. The van der Waals surface area contributed by atoms with Crippen LogP contribution >= 0.6 is 0 Å². The minimum atomic E-state index is 0.166. The summed E-state index contributed by atoms with van der Waals surface area (Å²) >= 11 is 0.166. The summed E-state index contributed by atoms with van der Waals surface area (Å²) in [5.41, 5.74) is 1.33. The van der Waals surface area contributed by atoms with Gasteiger partial charge in [0.25, 0.3) is 0 Å². The van der Waals surface area contributed by atoms with Crippen molar-refractivity contribution in [1.29, 1.82) is 0 Å². The number of hydrogen-bond donors (Lipinski definition) is 0. The molecule has 0 spiro atoms. The predicted octanol–water partition coefficient (Wildman–Crippen LogP) is 2.80. The van der Waals surface area contributed by atoms with E-state index in [2.05, 4.69) is 41.4 Å². The monoisotopic (exact) mass is 262 g/mol. The predicted molar refractivity (Wildman–Crippen MR) is 51.7 cm³/mol. The zero-order valence-corrected chi connectivity index (χ0v) is 8.99. The number of hydrogen-bond acceptors (Lipinski definition) is 0. The molecule has 0 unspecified atom stereocenters. The molecule has 1 aromatic carbocycles. The van der Waals surface area contributed by atoms with Crippen LogP contribution in [-0.4, -0.2) is 20.9 Å². The Labute approximate surface area is 78.4 Å². The Morgan fingerprint density at radius 1 is 1.27 bits per heavy atom. The van der Waals surface area contributed by atoms with E-state index < -0.39 is 0 Å². The van der Waals surface area contributed by atoms with Crippen LogP contribution in [0.2, 0.25) is 4.47 Å². The maximum absolute atomic E-state index is 2.35.